The van der Waals surface area contributed by atoms with Crippen LogP contribution < -0.4 is 10.4 Å². The van der Waals surface area contributed by atoms with E-state index < -0.39 is 5.92 Å². The van der Waals surface area contributed by atoms with Crippen LogP contribution in [0.15, 0.2) is 24.3 Å². The Balaban J connectivity index is 0.000000396. The van der Waals surface area contributed by atoms with Crippen LogP contribution in [0.4, 0.5) is 8.78 Å². The minimum absolute atomic E-state index is 0.623. The highest BCUT2D eigenvalue weighted by atomic mass is 19.3. The molecule has 0 saturated heterocycles. The van der Waals surface area contributed by atoms with Gasteiger partial charge < -0.3 is 0 Å². The molecule has 0 aliphatic heterocycles. The molecule has 2 rings (SSSR count). The molecule has 1 aromatic carbocycles. The summed E-state index contributed by atoms with van der Waals surface area (Å²) in [4.78, 5) is 0. The highest BCUT2D eigenvalue weighted by Gasteiger charge is 2.24. The lowest BCUT2D eigenvalue weighted by atomic mass is 10.3. The molecule has 0 N–H and O–H groups in total. The zero-order valence-corrected chi connectivity index (χ0v) is 7.72. The topological polar surface area (TPSA) is 0 Å². The molecular weight excluding hydrogens is 170 g/mol. The number of benzene rings is 1. The molecule has 0 fully saturated rings. The molecule has 0 bridgehead atoms. The number of hydrogen-bond acceptors (Lipinski definition) is 0. The Morgan fingerprint density at radius 3 is 1.69 bits per heavy atom. The molecule has 0 heterocycles. The first-order valence-electron chi connectivity index (χ1n) is 4.36. The molecule has 0 saturated carbocycles. The van der Waals surface area contributed by atoms with Gasteiger partial charge in [-0.3, -0.25) is 0 Å². The molecule has 1 aromatic rings. The summed E-state index contributed by atoms with van der Waals surface area (Å²) in [6.45, 7) is 4.00. The van der Waals surface area contributed by atoms with Crippen LogP contribution in [-0.4, -0.2) is 5.92 Å². The SMILES string of the molecule is CC.FC1(F)C=c2ccccc2=C1. The van der Waals surface area contributed by atoms with Crippen molar-refractivity contribution in [1.82, 2.24) is 0 Å². The van der Waals surface area contributed by atoms with Gasteiger partial charge >= 0.3 is 0 Å². The number of fused-ring (bicyclic) bond motifs is 1. The van der Waals surface area contributed by atoms with Gasteiger partial charge in [-0.05, 0) is 22.6 Å². The van der Waals surface area contributed by atoms with E-state index in [2.05, 4.69) is 0 Å². The van der Waals surface area contributed by atoms with Gasteiger partial charge in [0.2, 0.25) is 0 Å². The van der Waals surface area contributed by atoms with E-state index in [-0.39, 0.29) is 0 Å². The van der Waals surface area contributed by atoms with Crippen LogP contribution >= 0.6 is 0 Å². The zero-order chi connectivity index (χ0) is 9.90. The lowest BCUT2D eigenvalue weighted by Crippen LogP contribution is -2.19. The molecule has 0 unspecified atom stereocenters. The average Bonchev–Trinajstić information content (AvgIpc) is 2.41. The van der Waals surface area contributed by atoms with Gasteiger partial charge in [-0.25, -0.2) is 0 Å². The van der Waals surface area contributed by atoms with Crippen molar-refractivity contribution >= 4 is 12.2 Å². The van der Waals surface area contributed by atoms with Crippen LogP contribution in [-0.2, 0) is 0 Å². The third-order valence-corrected chi connectivity index (χ3v) is 1.69. The summed E-state index contributed by atoms with van der Waals surface area (Å²) in [5.41, 5.74) is 0. The van der Waals surface area contributed by atoms with Crippen LogP contribution in [0.2, 0.25) is 0 Å². The van der Waals surface area contributed by atoms with Crippen molar-refractivity contribution in [3.8, 4) is 0 Å². The first-order chi connectivity index (χ1) is 6.17. The second kappa shape index (κ2) is 3.69. The van der Waals surface area contributed by atoms with E-state index in [0.29, 0.717) is 10.4 Å². The molecule has 0 spiro atoms. The summed E-state index contributed by atoms with van der Waals surface area (Å²) >= 11 is 0. The van der Waals surface area contributed by atoms with E-state index in [1.807, 2.05) is 13.8 Å². The highest BCUT2D eigenvalue weighted by Crippen LogP contribution is 2.18. The largest absolute Gasteiger partial charge is 0.286 e. The Kier molecular flexibility index (Phi) is 2.81. The van der Waals surface area contributed by atoms with Crippen molar-refractivity contribution in [2.24, 2.45) is 0 Å². The van der Waals surface area contributed by atoms with Crippen LogP contribution in [0.3, 0.4) is 0 Å². The third-order valence-electron chi connectivity index (χ3n) is 1.69. The maximum Gasteiger partial charge on any atom is 0.286 e. The number of rotatable bonds is 0. The predicted octanol–water partition coefficient (Wildman–Crippen LogP) is 1.92. The molecule has 13 heavy (non-hydrogen) atoms. The lowest BCUT2D eigenvalue weighted by molar-refractivity contribution is 0.150. The molecule has 70 valence electrons. The first-order valence-corrected chi connectivity index (χ1v) is 4.36. The molecule has 0 nitrogen and oxygen atoms in total. The van der Waals surface area contributed by atoms with Gasteiger partial charge in [0.15, 0.2) is 0 Å². The van der Waals surface area contributed by atoms with Gasteiger partial charge in [-0.15, -0.1) is 0 Å². The molecule has 0 aromatic heterocycles. The molecule has 0 amide bonds. The number of halogens is 2. The minimum Gasteiger partial charge on any atom is -0.197 e. The van der Waals surface area contributed by atoms with E-state index in [0.717, 1.165) is 12.2 Å². The van der Waals surface area contributed by atoms with Crippen molar-refractivity contribution in [3.63, 3.8) is 0 Å². The zero-order valence-electron chi connectivity index (χ0n) is 7.72. The summed E-state index contributed by atoms with van der Waals surface area (Å²) in [6, 6.07) is 6.88. The average molecular weight is 182 g/mol. The monoisotopic (exact) mass is 182 g/mol. The second-order valence-electron chi connectivity index (χ2n) is 2.59. The summed E-state index contributed by atoms with van der Waals surface area (Å²) in [7, 11) is 0. The van der Waals surface area contributed by atoms with Gasteiger partial charge in [0.25, 0.3) is 5.92 Å². The fourth-order valence-corrected chi connectivity index (χ4v) is 1.23. The fourth-order valence-electron chi connectivity index (χ4n) is 1.23. The smallest absolute Gasteiger partial charge is 0.197 e. The summed E-state index contributed by atoms with van der Waals surface area (Å²) in [6.07, 6.45) is 1.95. The van der Waals surface area contributed by atoms with Crippen LogP contribution in [0.25, 0.3) is 12.2 Å². The van der Waals surface area contributed by atoms with Gasteiger partial charge in [0.1, 0.15) is 0 Å². The summed E-state index contributed by atoms with van der Waals surface area (Å²) < 4.78 is 25.3. The lowest BCUT2D eigenvalue weighted by Gasteiger charge is -1.97. The summed E-state index contributed by atoms with van der Waals surface area (Å²) in [5, 5.41) is 1.25. The maximum atomic E-state index is 12.6. The minimum atomic E-state index is -2.75. The van der Waals surface area contributed by atoms with Crippen molar-refractivity contribution in [2.75, 3.05) is 0 Å². The standard InChI is InChI=1S/C9H6F2.C2H6/c10-9(11)5-7-3-1-2-4-8(7)6-9;1-2/h1-6H;1-2H3. The highest BCUT2D eigenvalue weighted by molar-refractivity contribution is 5.56. The van der Waals surface area contributed by atoms with E-state index in [1.54, 1.807) is 24.3 Å². The Morgan fingerprint density at radius 1 is 0.923 bits per heavy atom. The normalized spacial score (nSPS) is 16.0. The van der Waals surface area contributed by atoms with Crippen molar-refractivity contribution < 1.29 is 8.78 Å². The Morgan fingerprint density at radius 2 is 1.31 bits per heavy atom. The van der Waals surface area contributed by atoms with E-state index in [1.165, 1.54) is 0 Å². The molecule has 0 radical (unpaired) electrons. The van der Waals surface area contributed by atoms with Crippen molar-refractivity contribution in [1.29, 1.82) is 0 Å². The van der Waals surface area contributed by atoms with Gasteiger partial charge in [0.05, 0.1) is 0 Å². The quantitative estimate of drug-likeness (QED) is 0.575. The van der Waals surface area contributed by atoms with Crippen LogP contribution in [0, 0.1) is 0 Å². The molecular formula is C11H12F2. The van der Waals surface area contributed by atoms with E-state index in [9.17, 15) is 8.78 Å². The third kappa shape index (κ3) is 2.14. The Bertz CT molecular complexity index is 354. The van der Waals surface area contributed by atoms with Gasteiger partial charge in [-0.2, -0.15) is 8.78 Å². The molecule has 0 atom stereocenters. The second-order valence-corrected chi connectivity index (χ2v) is 2.59. The van der Waals surface area contributed by atoms with Crippen molar-refractivity contribution in [3.05, 3.63) is 34.7 Å². The molecule has 1 aliphatic rings. The summed E-state index contributed by atoms with van der Waals surface area (Å²) in [5.74, 6) is -2.75. The fraction of sp³-hybridized carbons (Fsp3) is 0.273. The van der Waals surface area contributed by atoms with Crippen LogP contribution in [0.1, 0.15) is 13.8 Å². The number of hydrogen-bond donors (Lipinski definition) is 0. The first kappa shape index (κ1) is 9.90. The molecule has 2 heteroatoms. The predicted molar refractivity (Wildman–Crippen MR) is 50.9 cm³/mol. The van der Waals surface area contributed by atoms with Gasteiger partial charge in [0, 0.05) is 0 Å². The van der Waals surface area contributed by atoms with E-state index in [4.69, 9.17) is 0 Å². The van der Waals surface area contributed by atoms with Crippen LogP contribution in [0.5, 0.6) is 0 Å². The van der Waals surface area contributed by atoms with Crippen molar-refractivity contribution in [2.45, 2.75) is 19.8 Å². The molecule has 1 aliphatic carbocycles. The number of alkyl halides is 2. The Labute approximate surface area is 76.2 Å². The Hall–Kier alpha value is -1.18. The maximum absolute atomic E-state index is 12.6. The van der Waals surface area contributed by atoms with E-state index >= 15 is 0 Å². The van der Waals surface area contributed by atoms with Gasteiger partial charge in [-0.1, -0.05) is 38.1 Å².